The van der Waals surface area contributed by atoms with Crippen LogP contribution in [0.25, 0.3) is 0 Å². The van der Waals surface area contributed by atoms with Crippen LogP contribution >= 0.6 is 0 Å². The summed E-state index contributed by atoms with van der Waals surface area (Å²) in [6, 6.07) is 6.09. The molecular formula is C13H18N2O2. The predicted octanol–water partition coefficient (Wildman–Crippen LogP) is 1.22. The molecule has 0 spiro atoms. The van der Waals surface area contributed by atoms with Crippen molar-refractivity contribution in [2.24, 2.45) is 0 Å². The lowest BCUT2D eigenvalue weighted by atomic mass is 10.1. The molecule has 1 saturated heterocycles. The van der Waals surface area contributed by atoms with Gasteiger partial charge in [-0.2, -0.15) is 0 Å². The van der Waals surface area contributed by atoms with Gasteiger partial charge in [-0.3, -0.25) is 0 Å². The van der Waals surface area contributed by atoms with Crippen molar-refractivity contribution in [3.63, 3.8) is 0 Å². The van der Waals surface area contributed by atoms with E-state index in [2.05, 4.69) is 10.4 Å². The van der Waals surface area contributed by atoms with Crippen molar-refractivity contribution in [1.82, 2.24) is 10.4 Å². The topological polar surface area (TPSA) is 44.7 Å². The van der Waals surface area contributed by atoms with E-state index >= 15 is 0 Å². The van der Waals surface area contributed by atoms with Gasteiger partial charge in [0.15, 0.2) is 0 Å². The smallest absolute Gasteiger partial charge is 0.115 e. The van der Waals surface area contributed by atoms with Crippen LogP contribution in [-0.4, -0.2) is 36.4 Å². The third-order valence-electron chi connectivity index (χ3n) is 3.55. The minimum absolute atomic E-state index is 0.371. The van der Waals surface area contributed by atoms with Crippen LogP contribution in [0.15, 0.2) is 18.2 Å². The van der Waals surface area contributed by atoms with E-state index in [0.717, 1.165) is 39.1 Å². The average Bonchev–Trinajstić information content (AvgIpc) is 2.73. The van der Waals surface area contributed by atoms with E-state index < -0.39 is 0 Å². The molecule has 1 fully saturated rings. The minimum Gasteiger partial charge on any atom is -0.508 e. The van der Waals surface area contributed by atoms with Gasteiger partial charge in [0, 0.05) is 19.1 Å². The quantitative estimate of drug-likeness (QED) is 0.807. The van der Waals surface area contributed by atoms with Gasteiger partial charge < -0.3 is 9.84 Å². The first kappa shape index (κ1) is 11.0. The van der Waals surface area contributed by atoms with Gasteiger partial charge in [0.05, 0.1) is 13.2 Å². The van der Waals surface area contributed by atoms with Crippen LogP contribution in [0.5, 0.6) is 5.75 Å². The Labute approximate surface area is 101 Å². The first-order valence-electron chi connectivity index (χ1n) is 6.23. The molecule has 0 aromatic heterocycles. The summed E-state index contributed by atoms with van der Waals surface area (Å²) < 4.78 is 5.33. The van der Waals surface area contributed by atoms with Gasteiger partial charge in [0.2, 0.25) is 0 Å². The van der Waals surface area contributed by atoms with Gasteiger partial charge in [0.25, 0.3) is 0 Å². The summed E-state index contributed by atoms with van der Waals surface area (Å²) in [7, 11) is 0. The van der Waals surface area contributed by atoms with Crippen LogP contribution in [0.1, 0.15) is 23.6 Å². The highest BCUT2D eigenvalue weighted by atomic mass is 16.5. The van der Waals surface area contributed by atoms with E-state index in [0.29, 0.717) is 11.8 Å². The zero-order valence-electron chi connectivity index (χ0n) is 9.85. The number of rotatable bonds is 2. The number of benzene rings is 1. The second-order valence-electron chi connectivity index (χ2n) is 4.70. The Kier molecular flexibility index (Phi) is 3.01. The fourth-order valence-corrected chi connectivity index (χ4v) is 2.65. The van der Waals surface area contributed by atoms with Crippen LogP contribution < -0.4 is 5.43 Å². The van der Waals surface area contributed by atoms with Crippen molar-refractivity contribution < 1.29 is 9.84 Å². The molecule has 17 heavy (non-hydrogen) atoms. The fourth-order valence-electron chi connectivity index (χ4n) is 2.65. The number of hydrogen-bond donors (Lipinski definition) is 2. The molecule has 1 aromatic rings. The Balaban J connectivity index is 1.70. The molecule has 0 radical (unpaired) electrons. The van der Waals surface area contributed by atoms with Gasteiger partial charge in [-0.05, 0) is 36.1 Å². The van der Waals surface area contributed by atoms with Crippen LogP contribution in [0.4, 0.5) is 0 Å². The Morgan fingerprint density at radius 1 is 1.29 bits per heavy atom. The molecule has 1 aliphatic carbocycles. The van der Waals surface area contributed by atoms with Crippen molar-refractivity contribution in [2.45, 2.75) is 18.9 Å². The summed E-state index contributed by atoms with van der Waals surface area (Å²) in [6.45, 7) is 3.51. The summed E-state index contributed by atoms with van der Waals surface area (Å²) >= 11 is 0. The van der Waals surface area contributed by atoms with E-state index in [1.807, 2.05) is 12.1 Å². The molecule has 1 aliphatic heterocycles. The Morgan fingerprint density at radius 2 is 2.12 bits per heavy atom. The molecule has 92 valence electrons. The molecule has 2 aliphatic rings. The normalized spacial score (nSPS) is 24.8. The second-order valence-corrected chi connectivity index (χ2v) is 4.70. The average molecular weight is 234 g/mol. The van der Waals surface area contributed by atoms with E-state index in [4.69, 9.17) is 4.74 Å². The van der Waals surface area contributed by atoms with Crippen LogP contribution in [-0.2, 0) is 11.2 Å². The number of phenolic OH excluding ortho intramolecular Hbond substituents is 1. The summed E-state index contributed by atoms with van der Waals surface area (Å²) in [4.78, 5) is 0. The van der Waals surface area contributed by atoms with Crippen LogP contribution in [0.2, 0.25) is 0 Å². The highest BCUT2D eigenvalue weighted by Crippen LogP contribution is 2.33. The zero-order valence-corrected chi connectivity index (χ0v) is 9.85. The molecule has 1 aromatic carbocycles. The number of aryl methyl sites for hydroxylation is 1. The number of nitrogens with zero attached hydrogens (tertiary/aromatic N) is 1. The van der Waals surface area contributed by atoms with Crippen molar-refractivity contribution in [1.29, 1.82) is 0 Å². The third kappa shape index (κ3) is 2.29. The third-order valence-corrected chi connectivity index (χ3v) is 3.55. The fraction of sp³-hybridized carbons (Fsp3) is 0.538. The minimum atomic E-state index is 0.371. The lowest BCUT2D eigenvalue weighted by molar-refractivity contribution is 0.00348. The molecule has 4 nitrogen and oxygen atoms in total. The van der Waals surface area contributed by atoms with Gasteiger partial charge in [-0.15, -0.1) is 0 Å². The molecule has 1 atom stereocenters. The largest absolute Gasteiger partial charge is 0.508 e. The summed E-state index contributed by atoms with van der Waals surface area (Å²) in [6.07, 6.45) is 2.15. The Hall–Kier alpha value is -1.10. The molecule has 0 saturated carbocycles. The molecule has 1 heterocycles. The van der Waals surface area contributed by atoms with Crippen LogP contribution in [0.3, 0.4) is 0 Å². The number of morpholine rings is 1. The Bertz CT molecular complexity index is 402. The summed E-state index contributed by atoms with van der Waals surface area (Å²) in [5.74, 6) is 0.371. The molecule has 1 unspecified atom stereocenters. The first-order chi connectivity index (χ1) is 8.33. The molecule has 4 heteroatoms. The van der Waals surface area contributed by atoms with Gasteiger partial charge in [-0.1, -0.05) is 6.07 Å². The van der Waals surface area contributed by atoms with E-state index in [-0.39, 0.29) is 0 Å². The Morgan fingerprint density at radius 3 is 2.94 bits per heavy atom. The summed E-state index contributed by atoms with van der Waals surface area (Å²) in [5, 5.41) is 11.7. The number of ether oxygens (including phenoxy) is 1. The van der Waals surface area contributed by atoms with Gasteiger partial charge in [0.1, 0.15) is 5.75 Å². The molecule has 0 bridgehead atoms. The zero-order chi connectivity index (χ0) is 11.7. The SMILES string of the molecule is Oc1ccc2c(c1)CCC2NN1CCOCC1. The highest BCUT2D eigenvalue weighted by molar-refractivity contribution is 5.39. The van der Waals surface area contributed by atoms with E-state index in [1.165, 1.54) is 11.1 Å². The van der Waals surface area contributed by atoms with Crippen molar-refractivity contribution >= 4 is 0 Å². The van der Waals surface area contributed by atoms with Gasteiger partial charge >= 0.3 is 0 Å². The number of hydrazine groups is 1. The first-order valence-corrected chi connectivity index (χ1v) is 6.23. The standard InChI is InChI=1S/C13H18N2O2/c16-11-2-3-12-10(9-11)1-4-13(12)14-15-5-7-17-8-6-15/h2-3,9,13-14,16H,1,4-8H2. The molecule has 0 amide bonds. The number of fused-ring (bicyclic) bond motifs is 1. The molecular weight excluding hydrogens is 216 g/mol. The number of nitrogens with one attached hydrogen (secondary N) is 1. The lowest BCUT2D eigenvalue weighted by Crippen LogP contribution is -2.46. The van der Waals surface area contributed by atoms with E-state index in [9.17, 15) is 5.11 Å². The maximum absolute atomic E-state index is 9.46. The predicted molar refractivity (Wildman–Crippen MR) is 64.7 cm³/mol. The maximum Gasteiger partial charge on any atom is 0.115 e. The number of hydrogen-bond acceptors (Lipinski definition) is 4. The van der Waals surface area contributed by atoms with Gasteiger partial charge in [-0.25, -0.2) is 10.4 Å². The van der Waals surface area contributed by atoms with Crippen molar-refractivity contribution in [3.05, 3.63) is 29.3 Å². The number of aromatic hydroxyl groups is 1. The molecule has 3 rings (SSSR count). The second kappa shape index (κ2) is 4.64. The van der Waals surface area contributed by atoms with Crippen molar-refractivity contribution in [3.8, 4) is 5.75 Å². The monoisotopic (exact) mass is 234 g/mol. The van der Waals surface area contributed by atoms with Crippen molar-refractivity contribution in [2.75, 3.05) is 26.3 Å². The van der Waals surface area contributed by atoms with E-state index in [1.54, 1.807) is 6.07 Å². The highest BCUT2D eigenvalue weighted by Gasteiger charge is 2.24. The summed E-state index contributed by atoms with van der Waals surface area (Å²) in [5.41, 5.74) is 6.17. The number of phenols is 1. The maximum atomic E-state index is 9.46. The lowest BCUT2D eigenvalue weighted by Gasteiger charge is -2.30. The van der Waals surface area contributed by atoms with Crippen LogP contribution in [0, 0.1) is 0 Å². The molecule has 2 N–H and O–H groups in total.